The van der Waals surface area contributed by atoms with E-state index in [4.69, 9.17) is 0 Å². The van der Waals surface area contributed by atoms with Crippen LogP contribution in [0.1, 0.15) is 25.0 Å². The molecule has 0 saturated carbocycles. The van der Waals surface area contributed by atoms with Crippen molar-refractivity contribution >= 4 is 33.1 Å². The number of para-hydroxylation sites is 1. The van der Waals surface area contributed by atoms with Gasteiger partial charge in [0.1, 0.15) is 0 Å². The lowest BCUT2D eigenvalue weighted by Crippen LogP contribution is -2.39. The van der Waals surface area contributed by atoms with Crippen molar-refractivity contribution in [2.45, 2.75) is 25.7 Å². The van der Waals surface area contributed by atoms with Gasteiger partial charge in [-0.05, 0) is 32.0 Å². The standard InChI is InChI=1S/C20H20N2O4S/c1-13-8-10-16(11-9-13)27(25,26)22-12-18(14(2)23)20(21-15(3)24)17-6-4-5-7-19(17)22/h4-11H,12H2,1-3H3,(H,21,24). The lowest BCUT2D eigenvalue weighted by atomic mass is 9.98. The number of carbonyl (C=O) groups is 2. The summed E-state index contributed by atoms with van der Waals surface area (Å²) in [5.41, 5.74) is 2.48. The van der Waals surface area contributed by atoms with E-state index in [0.717, 1.165) is 5.56 Å². The van der Waals surface area contributed by atoms with E-state index in [9.17, 15) is 18.0 Å². The molecule has 3 rings (SSSR count). The average molecular weight is 384 g/mol. The molecule has 27 heavy (non-hydrogen) atoms. The van der Waals surface area contributed by atoms with Gasteiger partial charge < -0.3 is 5.32 Å². The van der Waals surface area contributed by atoms with Crippen LogP contribution >= 0.6 is 0 Å². The van der Waals surface area contributed by atoms with Gasteiger partial charge >= 0.3 is 0 Å². The van der Waals surface area contributed by atoms with Crippen LogP contribution in [0, 0.1) is 6.92 Å². The fraction of sp³-hybridized carbons (Fsp3) is 0.200. The molecule has 0 radical (unpaired) electrons. The SMILES string of the molecule is CC(=O)NC1=C(C(C)=O)CN(S(=O)(=O)c2ccc(C)cc2)c2ccccc21. The fourth-order valence-electron chi connectivity index (χ4n) is 3.03. The normalized spacial score (nSPS) is 14.0. The first-order valence-electron chi connectivity index (χ1n) is 8.42. The molecule has 0 spiro atoms. The predicted molar refractivity (Wildman–Crippen MR) is 104 cm³/mol. The summed E-state index contributed by atoms with van der Waals surface area (Å²) in [5.74, 6) is -0.620. The second-order valence-electron chi connectivity index (χ2n) is 6.43. The number of amides is 1. The number of carbonyl (C=O) groups excluding carboxylic acids is 2. The molecule has 0 fully saturated rings. The molecule has 6 nitrogen and oxygen atoms in total. The number of Topliss-reactive ketones (excluding diaryl/α,β-unsaturated/α-hetero) is 1. The average Bonchev–Trinajstić information content (AvgIpc) is 2.61. The third kappa shape index (κ3) is 3.50. The molecular weight excluding hydrogens is 364 g/mol. The van der Waals surface area contributed by atoms with Gasteiger partial charge in [-0.15, -0.1) is 0 Å². The zero-order valence-corrected chi connectivity index (χ0v) is 16.1. The lowest BCUT2D eigenvalue weighted by molar-refractivity contribution is -0.117. The molecule has 1 aliphatic rings. The van der Waals surface area contributed by atoms with Gasteiger partial charge in [-0.1, -0.05) is 35.9 Å². The Kier molecular flexibility index (Phi) is 4.89. The highest BCUT2D eigenvalue weighted by atomic mass is 32.2. The molecular formula is C20H20N2O4S. The molecule has 0 aromatic heterocycles. The van der Waals surface area contributed by atoms with Gasteiger partial charge in [-0.2, -0.15) is 0 Å². The third-order valence-corrected chi connectivity index (χ3v) is 6.15. The molecule has 2 aromatic rings. The van der Waals surface area contributed by atoms with Crippen molar-refractivity contribution in [2.24, 2.45) is 0 Å². The summed E-state index contributed by atoms with van der Waals surface area (Å²) in [6.07, 6.45) is 0. The Morgan fingerprint density at radius 2 is 1.63 bits per heavy atom. The van der Waals surface area contributed by atoms with Crippen molar-refractivity contribution in [3.63, 3.8) is 0 Å². The van der Waals surface area contributed by atoms with Crippen LogP contribution in [0.2, 0.25) is 0 Å². The Balaban J connectivity index is 2.20. The topological polar surface area (TPSA) is 83.6 Å². The zero-order chi connectivity index (χ0) is 19.8. The molecule has 7 heteroatoms. The maximum Gasteiger partial charge on any atom is 0.264 e. The summed E-state index contributed by atoms with van der Waals surface area (Å²) >= 11 is 0. The third-order valence-electron chi connectivity index (χ3n) is 4.38. The van der Waals surface area contributed by atoms with Crippen molar-refractivity contribution in [3.8, 4) is 0 Å². The summed E-state index contributed by atoms with van der Waals surface area (Å²) in [6.45, 7) is 4.45. The van der Waals surface area contributed by atoms with Crippen LogP contribution in [0.25, 0.3) is 5.70 Å². The minimum atomic E-state index is -3.88. The van der Waals surface area contributed by atoms with Crippen LogP contribution in [-0.2, 0) is 19.6 Å². The molecule has 0 bridgehead atoms. The first-order chi connectivity index (χ1) is 12.7. The summed E-state index contributed by atoms with van der Waals surface area (Å²) in [7, 11) is -3.88. The van der Waals surface area contributed by atoms with Gasteiger partial charge in [-0.25, -0.2) is 8.42 Å². The zero-order valence-electron chi connectivity index (χ0n) is 15.3. The van der Waals surface area contributed by atoms with Crippen molar-refractivity contribution < 1.29 is 18.0 Å². The van der Waals surface area contributed by atoms with Crippen molar-refractivity contribution in [1.82, 2.24) is 5.32 Å². The van der Waals surface area contributed by atoms with Gasteiger partial charge in [0, 0.05) is 18.1 Å². The number of benzene rings is 2. The van der Waals surface area contributed by atoms with Crippen LogP contribution in [0.4, 0.5) is 5.69 Å². The minimum absolute atomic E-state index is 0.141. The van der Waals surface area contributed by atoms with Crippen LogP contribution in [0.5, 0.6) is 0 Å². The van der Waals surface area contributed by atoms with E-state index in [1.807, 2.05) is 6.92 Å². The molecule has 0 saturated heterocycles. The number of aryl methyl sites for hydroxylation is 1. The van der Waals surface area contributed by atoms with Crippen LogP contribution in [0.15, 0.2) is 59.0 Å². The fourth-order valence-corrected chi connectivity index (χ4v) is 4.48. The van der Waals surface area contributed by atoms with E-state index >= 15 is 0 Å². The Morgan fingerprint density at radius 1 is 1.00 bits per heavy atom. The molecule has 140 valence electrons. The number of anilines is 1. The number of ketones is 1. The van der Waals surface area contributed by atoms with E-state index in [1.54, 1.807) is 48.5 Å². The van der Waals surface area contributed by atoms with Gasteiger partial charge in [0.05, 0.1) is 22.8 Å². The number of nitrogens with one attached hydrogen (secondary N) is 1. The molecule has 1 N–H and O–H groups in total. The van der Waals surface area contributed by atoms with E-state index < -0.39 is 10.0 Å². The summed E-state index contributed by atoms with van der Waals surface area (Å²) in [4.78, 5) is 24.0. The lowest BCUT2D eigenvalue weighted by Gasteiger charge is -2.33. The monoisotopic (exact) mass is 384 g/mol. The molecule has 0 unspecified atom stereocenters. The molecule has 0 aliphatic carbocycles. The van der Waals surface area contributed by atoms with Gasteiger partial charge in [-0.3, -0.25) is 13.9 Å². The first-order valence-corrected chi connectivity index (χ1v) is 9.86. The maximum atomic E-state index is 13.3. The van der Waals surface area contributed by atoms with Crippen LogP contribution in [0.3, 0.4) is 0 Å². The van der Waals surface area contributed by atoms with Crippen LogP contribution in [-0.4, -0.2) is 26.7 Å². The Morgan fingerprint density at radius 3 is 2.22 bits per heavy atom. The highest BCUT2D eigenvalue weighted by Crippen LogP contribution is 2.37. The number of sulfonamides is 1. The number of rotatable bonds is 4. The second kappa shape index (κ2) is 7.00. The van der Waals surface area contributed by atoms with E-state index in [-0.39, 0.29) is 28.7 Å². The number of fused-ring (bicyclic) bond motifs is 1. The number of hydrogen-bond donors (Lipinski definition) is 1. The van der Waals surface area contributed by atoms with Crippen LogP contribution < -0.4 is 9.62 Å². The van der Waals surface area contributed by atoms with Crippen molar-refractivity contribution in [3.05, 3.63) is 65.2 Å². The van der Waals surface area contributed by atoms with Gasteiger partial charge in [0.25, 0.3) is 10.0 Å². The molecule has 1 amide bonds. The largest absolute Gasteiger partial charge is 0.325 e. The molecule has 1 aliphatic heterocycles. The Hall–Kier alpha value is -2.93. The summed E-state index contributed by atoms with van der Waals surface area (Å²) in [6, 6.07) is 13.4. The smallest absolute Gasteiger partial charge is 0.264 e. The number of hydrogen-bond acceptors (Lipinski definition) is 4. The summed E-state index contributed by atoms with van der Waals surface area (Å²) in [5, 5.41) is 2.69. The summed E-state index contributed by atoms with van der Waals surface area (Å²) < 4.78 is 27.7. The quantitative estimate of drug-likeness (QED) is 0.878. The highest BCUT2D eigenvalue weighted by molar-refractivity contribution is 7.92. The number of nitrogens with zero attached hydrogens (tertiary/aromatic N) is 1. The molecule has 2 aromatic carbocycles. The second-order valence-corrected chi connectivity index (χ2v) is 8.30. The maximum absolute atomic E-state index is 13.3. The minimum Gasteiger partial charge on any atom is -0.325 e. The van der Waals surface area contributed by atoms with Crippen molar-refractivity contribution in [1.29, 1.82) is 0 Å². The first kappa shape index (κ1) is 18.8. The Labute approximate surface area is 158 Å². The van der Waals surface area contributed by atoms with E-state index in [0.29, 0.717) is 16.9 Å². The van der Waals surface area contributed by atoms with Crippen molar-refractivity contribution in [2.75, 3.05) is 10.8 Å². The Bertz CT molecular complexity index is 1050. The van der Waals surface area contributed by atoms with Gasteiger partial charge in [0.2, 0.25) is 5.91 Å². The predicted octanol–water partition coefficient (Wildman–Crippen LogP) is 2.64. The van der Waals surface area contributed by atoms with Gasteiger partial charge in [0.15, 0.2) is 5.78 Å². The molecule has 0 atom stereocenters. The molecule has 1 heterocycles. The van der Waals surface area contributed by atoms with E-state index in [2.05, 4.69) is 5.32 Å². The highest BCUT2D eigenvalue weighted by Gasteiger charge is 2.34. The van der Waals surface area contributed by atoms with E-state index in [1.165, 1.54) is 18.2 Å².